The maximum atomic E-state index is 12.2. The summed E-state index contributed by atoms with van der Waals surface area (Å²) in [5.74, 6) is -0.940. The van der Waals surface area contributed by atoms with E-state index in [1.54, 1.807) is 26.0 Å². The Labute approximate surface area is 121 Å². The number of carboxylic acid groups (broad SMARTS) is 1. The van der Waals surface area contributed by atoms with Crippen molar-refractivity contribution in [2.45, 2.75) is 37.6 Å². The van der Waals surface area contributed by atoms with Crippen LogP contribution in [0.25, 0.3) is 0 Å². The second kappa shape index (κ2) is 6.49. The molecule has 0 radical (unpaired) electrons. The van der Waals surface area contributed by atoms with Gasteiger partial charge in [0.2, 0.25) is 10.0 Å². The molecule has 5 nitrogen and oxygen atoms in total. The van der Waals surface area contributed by atoms with Gasteiger partial charge in [0.25, 0.3) is 0 Å². The van der Waals surface area contributed by atoms with E-state index in [4.69, 9.17) is 5.11 Å². The summed E-state index contributed by atoms with van der Waals surface area (Å²) in [6, 6.07) is 4.57. The van der Waals surface area contributed by atoms with Crippen LogP contribution in [0.1, 0.15) is 25.3 Å². The van der Waals surface area contributed by atoms with Crippen LogP contribution < -0.4 is 4.72 Å². The van der Waals surface area contributed by atoms with Crippen molar-refractivity contribution in [1.29, 1.82) is 0 Å². The fourth-order valence-corrected chi connectivity index (χ4v) is 3.65. The lowest BCUT2D eigenvalue weighted by Gasteiger charge is -2.14. The zero-order valence-electron chi connectivity index (χ0n) is 10.7. The largest absolute Gasteiger partial charge is 0.481 e. The molecule has 0 fully saturated rings. The summed E-state index contributed by atoms with van der Waals surface area (Å²) >= 11 is 3.23. The van der Waals surface area contributed by atoms with Crippen molar-refractivity contribution in [3.63, 3.8) is 0 Å². The number of hydrogen-bond acceptors (Lipinski definition) is 3. The Morgan fingerprint density at radius 1 is 1.47 bits per heavy atom. The van der Waals surface area contributed by atoms with Crippen molar-refractivity contribution in [3.05, 3.63) is 28.2 Å². The van der Waals surface area contributed by atoms with Crippen molar-refractivity contribution < 1.29 is 18.3 Å². The summed E-state index contributed by atoms with van der Waals surface area (Å²) in [6.07, 6.45) is 0.183. The average molecular weight is 350 g/mol. The van der Waals surface area contributed by atoms with Gasteiger partial charge in [0.15, 0.2) is 0 Å². The maximum Gasteiger partial charge on any atom is 0.303 e. The molecule has 0 saturated carbocycles. The fraction of sp³-hybridized carbons (Fsp3) is 0.417. The number of carboxylic acids is 1. The molecule has 0 aromatic heterocycles. The molecule has 0 aliphatic rings. The molecule has 2 N–H and O–H groups in total. The first-order valence-corrected chi connectivity index (χ1v) is 8.00. The van der Waals surface area contributed by atoms with Crippen LogP contribution in [-0.2, 0) is 14.8 Å². The van der Waals surface area contributed by atoms with Crippen molar-refractivity contribution in [3.8, 4) is 0 Å². The summed E-state index contributed by atoms with van der Waals surface area (Å²) in [4.78, 5) is 10.7. The number of nitrogens with one attached hydrogen (secondary N) is 1. The Morgan fingerprint density at radius 2 is 2.11 bits per heavy atom. The van der Waals surface area contributed by atoms with Gasteiger partial charge in [-0.2, -0.15) is 0 Å². The highest BCUT2D eigenvalue weighted by Gasteiger charge is 2.20. The number of hydrogen-bond donors (Lipinski definition) is 2. The number of aryl methyl sites for hydroxylation is 1. The summed E-state index contributed by atoms with van der Waals surface area (Å²) in [5, 5.41) is 8.57. The molecule has 1 unspecified atom stereocenters. The first kappa shape index (κ1) is 16.1. The monoisotopic (exact) mass is 349 g/mol. The standard InChI is InChI=1S/C12H16BrNO4S/c1-8-3-5-10(13)7-11(8)19(17,18)14-9(2)4-6-12(15)16/h3,5,7,9,14H,4,6H2,1-2H3,(H,15,16). The van der Waals surface area contributed by atoms with E-state index in [0.29, 0.717) is 10.0 Å². The molecule has 1 aromatic carbocycles. The molecule has 106 valence electrons. The van der Waals surface area contributed by atoms with E-state index >= 15 is 0 Å². The zero-order valence-corrected chi connectivity index (χ0v) is 13.1. The number of halogens is 1. The van der Waals surface area contributed by atoms with Gasteiger partial charge in [-0.05, 0) is 38.0 Å². The molecular weight excluding hydrogens is 334 g/mol. The third-order valence-electron chi connectivity index (χ3n) is 2.59. The van der Waals surface area contributed by atoms with Crippen LogP contribution in [0.5, 0.6) is 0 Å². The second-order valence-electron chi connectivity index (χ2n) is 4.36. The number of rotatable bonds is 6. The Bertz CT molecular complexity index is 571. The van der Waals surface area contributed by atoms with Crippen molar-refractivity contribution in [2.24, 2.45) is 0 Å². The minimum atomic E-state index is -3.63. The lowest BCUT2D eigenvalue weighted by Crippen LogP contribution is -2.33. The van der Waals surface area contributed by atoms with Crippen LogP contribution in [0.3, 0.4) is 0 Å². The molecule has 1 atom stereocenters. The SMILES string of the molecule is Cc1ccc(Br)cc1S(=O)(=O)NC(C)CCC(=O)O. The van der Waals surface area contributed by atoms with Crippen LogP contribution in [0.2, 0.25) is 0 Å². The smallest absolute Gasteiger partial charge is 0.303 e. The number of benzene rings is 1. The van der Waals surface area contributed by atoms with E-state index in [9.17, 15) is 13.2 Å². The lowest BCUT2D eigenvalue weighted by atomic mass is 10.2. The van der Waals surface area contributed by atoms with Crippen LogP contribution in [-0.4, -0.2) is 25.5 Å². The molecule has 1 rings (SSSR count). The Morgan fingerprint density at radius 3 is 2.68 bits per heavy atom. The molecule has 7 heteroatoms. The minimum absolute atomic E-state index is 0.0683. The Balaban J connectivity index is 2.86. The minimum Gasteiger partial charge on any atom is -0.481 e. The first-order chi connectivity index (χ1) is 8.72. The highest BCUT2D eigenvalue weighted by atomic mass is 79.9. The van der Waals surface area contributed by atoms with Gasteiger partial charge in [-0.15, -0.1) is 0 Å². The van der Waals surface area contributed by atoms with Crippen molar-refractivity contribution in [1.82, 2.24) is 4.72 Å². The van der Waals surface area contributed by atoms with E-state index in [-0.39, 0.29) is 17.7 Å². The molecule has 0 saturated heterocycles. The average Bonchev–Trinajstić information content (AvgIpc) is 2.29. The third kappa shape index (κ3) is 4.93. The molecule has 0 amide bonds. The third-order valence-corrected chi connectivity index (χ3v) is 4.81. The van der Waals surface area contributed by atoms with Crippen LogP contribution in [0.15, 0.2) is 27.6 Å². The van der Waals surface area contributed by atoms with Gasteiger partial charge in [-0.3, -0.25) is 4.79 Å². The summed E-state index contributed by atoms with van der Waals surface area (Å²) in [5.41, 5.74) is 0.640. The maximum absolute atomic E-state index is 12.2. The summed E-state index contributed by atoms with van der Waals surface area (Å²) in [6.45, 7) is 3.36. The predicted molar refractivity (Wildman–Crippen MR) is 75.5 cm³/mol. The number of aliphatic carboxylic acids is 1. The molecule has 1 aromatic rings. The quantitative estimate of drug-likeness (QED) is 0.825. The van der Waals surface area contributed by atoms with Gasteiger partial charge in [0.1, 0.15) is 0 Å². The van der Waals surface area contributed by atoms with E-state index in [0.717, 1.165) is 0 Å². The van der Waals surface area contributed by atoms with Crippen LogP contribution in [0, 0.1) is 6.92 Å². The molecule has 0 aliphatic heterocycles. The van der Waals surface area contributed by atoms with Gasteiger partial charge >= 0.3 is 5.97 Å². The summed E-state index contributed by atoms with van der Waals surface area (Å²) in [7, 11) is -3.63. The predicted octanol–water partition coefficient (Wildman–Crippen LogP) is 2.29. The van der Waals surface area contributed by atoms with Gasteiger partial charge < -0.3 is 5.11 Å². The van der Waals surface area contributed by atoms with Crippen LogP contribution >= 0.6 is 15.9 Å². The fourth-order valence-electron chi connectivity index (χ4n) is 1.59. The topological polar surface area (TPSA) is 83.5 Å². The van der Waals surface area contributed by atoms with E-state index in [2.05, 4.69) is 20.7 Å². The number of sulfonamides is 1. The number of carbonyl (C=O) groups is 1. The van der Waals surface area contributed by atoms with Crippen LogP contribution in [0.4, 0.5) is 0 Å². The van der Waals surface area contributed by atoms with Gasteiger partial charge in [0, 0.05) is 16.9 Å². The van der Waals surface area contributed by atoms with Gasteiger partial charge in [-0.1, -0.05) is 22.0 Å². The van der Waals surface area contributed by atoms with Gasteiger partial charge in [0.05, 0.1) is 4.90 Å². The molecule has 0 bridgehead atoms. The Hall–Kier alpha value is -0.920. The lowest BCUT2D eigenvalue weighted by molar-refractivity contribution is -0.137. The summed E-state index contributed by atoms with van der Waals surface area (Å²) < 4.78 is 27.5. The zero-order chi connectivity index (χ0) is 14.6. The van der Waals surface area contributed by atoms with E-state index < -0.39 is 22.0 Å². The second-order valence-corrected chi connectivity index (χ2v) is 6.96. The highest BCUT2D eigenvalue weighted by Crippen LogP contribution is 2.20. The van der Waals surface area contributed by atoms with Crippen molar-refractivity contribution in [2.75, 3.05) is 0 Å². The van der Waals surface area contributed by atoms with E-state index in [1.165, 1.54) is 6.07 Å². The Kier molecular flexibility index (Phi) is 5.51. The molecule has 0 aliphatic carbocycles. The first-order valence-electron chi connectivity index (χ1n) is 5.72. The molecular formula is C12H16BrNO4S. The molecule has 0 spiro atoms. The van der Waals surface area contributed by atoms with Crippen molar-refractivity contribution >= 4 is 31.9 Å². The van der Waals surface area contributed by atoms with E-state index in [1.807, 2.05) is 0 Å². The normalized spacial score (nSPS) is 13.2. The highest BCUT2D eigenvalue weighted by molar-refractivity contribution is 9.10. The molecule has 0 heterocycles. The molecule has 19 heavy (non-hydrogen) atoms. The van der Waals surface area contributed by atoms with Gasteiger partial charge in [-0.25, -0.2) is 13.1 Å².